The Morgan fingerprint density at radius 3 is 2.43 bits per heavy atom. The van der Waals surface area contributed by atoms with Gasteiger partial charge in [0.15, 0.2) is 0 Å². The molecule has 5 rings (SSSR count). The molecule has 152 valence electrons. The molecule has 28 heavy (non-hydrogen) atoms. The molecule has 0 spiro atoms. The fourth-order valence-electron chi connectivity index (χ4n) is 6.51. The van der Waals surface area contributed by atoms with Crippen LogP contribution in [0.2, 0.25) is 0 Å². The molecule has 0 aliphatic heterocycles. The van der Waals surface area contributed by atoms with Crippen LogP contribution in [-0.4, -0.2) is 34.1 Å². The molecule has 1 N–H and O–H groups in total. The molecule has 0 saturated heterocycles. The topological polar surface area (TPSA) is 49.4 Å². The predicted octanol–water partition coefficient (Wildman–Crippen LogP) is 5.23. The summed E-state index contributed by atoms with van der Waals surface area (Å²) in [6.45, 7) is 5.33. The zero-order valence-electron chi connectivity index (χ0n) is 17.0. The molecule has 0 heterocycles. The lowest BCUT2D eigenvalue weighted by Gasteiger charge is -2.60. The van der Waals surface area contributed by atoms with Crippen LogP contribution in [0, 0.1) is 17.3 Å². The molecule has 5 heteroatoms. The van der Waals surface area contributed by atoms with Crippen LogP contribution >= 0.6 is 15.9 Å². The summed E-state index contributed by atoms with van der Waals surface area (Å²) in [5.41, 5.74) is 1.52. The normalized spacial score (nSPS) is 33.0. The minimum atomic E-state index is 0.0170. The smallest absolute Gasteiger partial charge is 0.253 e. The number of carbonyl (C=O) groups is 2. The molecule has 4 aliphatic carbocycles. The number of nitrogens with zero attached hydrogens (tertiary/aromatic N) is 1. The number of carbonyl (C=O) groups excluding carboxylic acids is 2. The van der Waals surface area contributed by atoms with E-state index in [1.165, 1.54) is 32.1 Å². The number of benzene rings is 1. The molecule has 4 aliphatic rings. The van der Waals surface area contributed by atoms with E-state index in [9.17, 15) is 9.59 Å². The van der Waals surface area contributed by atoms with Crippen LogP contribution in [0.15, 0.2) is 24.3 Å². The van der Waals surface area contributed by atoms with Crippen molar-refractivity contribution in [3.8, 4) is 0 Å². The van der Waals surface area contributed by atoms with Crippen molar-refractivity contribution in [2.24, 2.45) is 17.3 Å². The summed E-state index contributed by atoms with van der Waals surface area (Å²) in [5.74, 6) is 1.67. The van der Waals surface area contributed by atoms with Gasteiger partial charge in [-0.25, -0.2) is 0 Å². The Bertz CT molecular complexity index is 760. The van der Waals surface area contributed by atoms with E-state index < -0.39 is 0 Å². The van der Waals surface area contributed by atoms with Gasteiger partial charge in [-0.1, -0.05) is 22.0 Å². The van der Waals surface area contributed by atoms with E-state index in [2.05, 4.69) is 21.2 Å². The monoisotopic (exact) mass is 446 g/mol. The molecule has 4 nitrogen and oxygen atoms in total. The summed E-state index contributed by atoms with van der Waals surface area (Å²) in [7, 11) is 0. The van der Waals surface area contributed by atoms with Crippen molar-refractivity contribution < 1.29 is 9.59 Å². The van der Waals surface area contributed by atoms with Crippen molar-refractivity contribution in [3.05, 3.63) is 29.8 Å². The fraction of sp³-hybridized carbons (Fsp3) is 0.652. The summed E-state index contributed by atoms with van der Waals surface area (Å²) in [4.78, 5) is 27.3. The number of amides is 2. The lowest BCUT2D eigenvalue weighted by molar-refractivity contribution is -0.123. The number of halogens is 1. The van der Waals surface area contributed by atoms with Gasteiger partial charge in [0.05, 0.1) is 0 Å². The molecule has 0 radical (unpaired) electrons. The average molecular weight is 447 g/mol. The van der Waals surface area contributed by atoms with Crippen LogP contribution in [-0.2, 0) is 4.79 Å². The van der Waals surface area contributed by atoms with E-state index in [0.717, 1.165) is 23.9 Å². The van der Waals surface area contributed by atoms with E-state index in [1.807, 2.05) is 38.1 Å². The van der Waals surface area contributed by atoms with Gasteiger partial charge in [0.25, 0.3) is 5.91 Å². The Balaban J connectivity index is 1.43. The number of nitrogens with one attached hydrogen (secondary N) is 1. The summed E-state index contributed by atoms with van der Waals surface area (Å²) in [5, 5.41) is 3.07. The van der Waals surface area contributed by atoms with Gasteiger partial charge in [0, 0.05) is 35.1 Å². The van der Waals surface area contributed by atoms with Crippen LogP contribution in [0.25, 0.3) is 0 Å². The Labute approximate surface area is 176 Å². The van der Waals surface area contributed by atoms with Crippen molar-refractivity contribution in [2.45, 2.75) is 63.1 Å². The minimum absolute atomic E-state index is 0.0170. The Morgan fingerprint density at radius 2 is 1.82 bits per heavy atom. The Morgan fingerprint density at radius 1 is 1.14 bits per heavy atom. The van der Waals surface area contributed by atoms with Gasteiger partial charge in [-0.05, 0) is 87.8 Å². The third-order valence-electron chi connectivity index (χ3n) is 7.09. The Kier molecular flexibility index (Phi) is 5.32. The van der Waals surface area contributed by atoms with Crippen LogP contribution < -0.4 is 5.32 Å². The van der Waals surface area contributed by atoms with Crippen LogP contribution in [0.4, 0.5) is 5.69 Å². The van der Waals surface area contributed by atoms with Crippen LogP contribution in [0.5, 0.6) is 0 Å². The molecule has 2 amide bonds. The SMILES string of the molecule is CCN(CC)C(=O)c1cccc(NC(=O)CC23CC4CC(CC(Br)(C4)C2)C3)c1. The van der Waals surface area contributed by atoms with Gasteiger partial charge < -0.3 is 10.2 Å². The molecule has 1 aromatic carbocycles. The molecule has 2 atom stereocenters. The number of rotatable bonds is 6. The van der Waals surface area contributed by atoms with E-state index in [1.54, 1.807) is 4.90 Å². The Hall–Kier alpha value is -1.36. The first-order valence-corrected chi connectivity index (χ1v) is 11.5. The van der Waals surface area contributed by atoms with Crippen molar-refractivity contribution >= 4 is 33.4 Å². The van der Waals surface area contributed by atoms with E-state index in [4.69, 9.17) is 0 Å². The van der Waals surface area contributed by atoms with Crippen LogP contribution in [0.3, 0.4) is 0 Å². The number of alkyl halides is 1. The molecular formula is C23H31BrN2O2. The zero-order chi connectivity index (χ0) is 19.9. The molecule has 1 aromatic rings. The molecule has 4 bridgehead atoms. The first kappa shape index (κ1) is 19.9. The maximum atomic E-state index is 12.9. The summed E-state index contributed by atoms with van der Waals surface area (Å²) < 4.78 is 0.271. The second kappa shape index (κ2) is 7.47. The second-order valence-corrected chi connectivity index (χ2v) is 11.1. The standard InChI is InChI=1S/C23H31BrN2O2/c1-3-26(4-2)21(28)18-6-5-7-19(9-18)25-20(27)14-22-10-16-8-17(11-22)13-23(24,12-16)15-22/h5-7,9,16-17H,3-4,8,10-15H2,1-2H3,(H,25,27). The average Bonchev–Trinajstić information content (AvgIpc) is 2.60. The minimum Gasteiger partial charge on any atom is -0.339 e. The first-order valence-electron chi connectivity index (χ1n) is 10.7. The maximum Gasteiger partial charge on any atom is 0.253 e. The first-order chi connectivity index (χ1) is 13.3. The summed E-state index contributed by atoms with van der Waals surface area (Å²) >= 11 is 4.03. The third kappa shape index (κ3) is 3.87. The van der Waals surface area contributed by atoms with Crippen molar-refractivity contribution in [3.63, 3.8) is 0 Å². The lowest BCUT2D eigenvalue weighted by atomic mass is 9.48. The molecule has 4 fully saturated rings. The highest BCUT2D eigenvalue weighted by Gasteiger charge is 2.57. The van der Waals surface area contributed by atoms with Crippen molar-refractivity contribution in [1.29, 1.82) is 0 Å². The van der Waals surface area contributed by atoms with Gasteiger partial charge in [0.1, 0.15) is 0 Å². The molecule has 2 unspecified atom stereocenters. The second-order valence-electron chi connectivity index (χ2n) is 9.40. The largest absolute Gasteiger partial charge is 0.339 e. The number of hydrogen-bond acceptors (Lipinski definition) is 2. The van der Waals surface area contributed by atoms with Crippen molar-refractivity contribution in [1.82, 2.24) is 4.90 Å². The van der Waals surface area contributed by atoms with Gasteiger partial charge in [-0.15, -0.1) is 0 Å². The maximum absolute atomic E-state index is 12.9. The van der Waals surface area contributed by atoms with E-state index in [0.29, 0.717) is 25.1 Å². The predicted molar refractivity (Wildman–Crippen MR) is 116 cm³/mol. The zero-order valence-corrected chi connectivity index (χ0v) is 18.6. The van der Waals surface area contributed by atoms with Crippen molar-refractivity contribution in [2.75, 3.05) is 18.4 Å². The third-order valence-corrected chi connectivity index (χ3v) is 8.02. The molecule has 4 saturated carbocycles. The lowest BCUT2D eigenvalue weighted by Crippen LogP contribution is -2.53. The van der Waals surface area contributed by atoms with Gasteiger partial charge in [-0.2, -0.15) is 0 Å². The van der Waals surface area contributed by atoms with Crippen LogP contribution in [0.1, 0.15) is 69.2 Å². The fourth-order valence-corrected chi connectivity index (χ4v) is 8.02. The van der Waals surface area contributed by atoms with E-state index >= 15 is 0 Å². The highest BCUT2D eigenvalue weighted by Crippen LogP contribution is 2.65. The molecular weight excluding hydrogens is 416 g/mol. The highest BCUT2D eigenvalue weighted by molar-refractivity contribution is 9.10. The van der Waals surface area contributed by atoms with Gasteiger partial charge in [-0.3, -0.25) is 9.59 Å². The highest BCUT2D eigenvalue weighted by atomic mass is 79.9. The number of hydrogen-bond donors (Lipinski definition) is 1. The number of anilines is 1. The summed E-state index contributed by atoms with van der Waals surface area (Å²) in [6.07, 6.45) is 8.04. The summed E-state index contributed by atoms with van der Waals surface area (Å²) in [6, 6.07) is 7.36. The van der Waals surface area contributed by atoms with Gasteiger partial charge in [0.2, 0.25) is 5.91 Å². The molecule has 0 aromatic heterocycles. The quantitative estimate of drug-likeness (QED) is 0.607. The van der Waals surface area contributed by atoms with Gasteiger partial charge >= 0.3 is 0 Å². The van der Waals surface area contributed by atoms with E-state index in [-0.39, 0.29) is 21.6 Å².